The molecule has 8 nitrogen and oxygen atoms in total. The molecule has 9 heteroatoms. The molecule has 2 aliphatic rings. The van der Waals surface area contributed by atoms with Gasteiger partial charge in [0, 0.05) is 32.7 Å². The van der Waals surface area contributed by atoms with Crippen LogP contribution in [0.5, 0.6) is 11.5 Å². The Labute approximate surface area is 152 Å². The zero-order chi connectivity index (χ0) is 18.1. The number of aromatic nitrogens is 1. The Morgan fingerprint density at radius 3 is 2.54 bits per heavy atom. The van der Waals surface area contributed by atoms with Gasteiger partial charge in [0.1, 0.15) is 0 Å². The molecule has 26 heavy (non-hydrogen) atoms. The summed E-state index contributed by atoms with van der Waals surface area (Å²) in [7, 11) is -3.58. The first-order valence-electron chi connectivity index (χ1n) is 8.35. The Kier molecular flexibility index (Phi) is 4.43. The van der Waals surface area contributed by atoms with Crippen molar-refractivity contribution in [1.29, 1.82) is 0 Å². The van der Waals surface area contributed by atoms with Crippen molar-refractivity contribution in [3.8, 4) is 11.5 Å². The molecule has 0 saturated carbocycles. The van der Waals surface area contributed by atoms with Crippen LogP contribution in [-0.4, -0.2) is 55.6 Å². The van der Waals surface area contributed by atoms with Gasteiger partial charge in [0.05, 0.1) is 11.9 Å². The van der Waals surface area contributed by atoms with E-state index in [4.69, 9.17) is 15.2 Å². The molecule has 0 spiro atoms. The molecule has 0 amide bonds. The van der Waals surface area contributed by atoms with Gasteiger partial charge < -0.3 is 15.2 Å². The average molecular weight is 376 g/mol. The maximum Gasteiger partial charge on any atom is 0.260 e. The van der Waals surface area contributed by atoms with Crippen LogP contribution in [0.2, 0.25) is 0 Å². The van der Waals surface area contributed by atoms with E-state index in [1.54, 1.807) is 6.07 Å². The number of hydrogen-bond donors (Lipinski definition) is 1. The fourth-order valence-corrected chi connectivity index (χ4v) is 4.44. The maximum atomic E-state index is 12.7. The molecule has 0 aliphatic carbocycles. The molecule has 1 saturated heterocycles. The monoisotopic (exact) mass is 376 g/mol. The highest BCUT2D eigenvalue weighted by molar-refractivity contribution is 7.89. The molecular weight excluding hydrogens is 356 g/mol. The Morgan fingerprint density at radius 1 is 1.04 bits per heavy atom. The van der Waals surface area contributed by atoms with Gasteiger partial charge in [-0.25, -0.2) is 13.4 Å². The van der Waals surface area contributed by atoms with Crippen molar-refractivity contribution in [2.24, 2.45) is 0 Å². The molecule has 4 rings (SSSR count). The van der Waals surface area contributed by atoms with Gasteiger partial charge in [0.15, 0.2) is 16.5 Å². The average Bonchev–Trinajstić information content (AvgIpc) is 3.10. The predicted octanol–water partition coefficient (Wildman–Crippen LogP) is 0.899. The summed E-state index contributed by atoms with van der Waals surface area (Å²) in [5, 5.41) is 0.0379. The lowest BCUT2D eigenvalue weighted by Gasteiger charge is -2.33. The lowest BCUT2D eigenvalue weighted by atomic mass is 10.2. The SMILES string of the molecule is Nc1ccc(S(=O)(=O)N2CCN(Cc3ccc4c(c3)OCO4)CC2)nc1. The van der Waals surface area contributed by atoms with Crippen molar-refractivity contribution < 1.29 is 17.9 Å². The Morgan fingerprint density at radius 2 is 1.81 bits per heavy atom. The van der Waals surface area contributed by atoms with Crippen molar-refractivity contribution in [2.45, 2.75) is 11.6 Å². The predicted molar refractivity (Wildman–Crippen MR) is 95.3 cm³/mol. The molecular formula is C17H20N4O4S. The number of piperazine rings is 1. The number of fused-ring (bicyclic) bond motifs is 1. The summed E-state index contributed by atoms with van der Waals surface area (Å²) in [6.07, 6.45) is 1.36. The highest BCUT2D eigenvalue weighted by Crippen LogP contribution is 2.33. The lowest BCUT2D eigenvalue weighted by molar-refractivity contribution is 0.173. The minimum atomic E-state index is -3.58. The highest BCUT2D eigenvalue weighted by atomic mass is 32.2. The van der Waals surface area contributed by atoms with E-state index >= 15 is 0 Å². The number of sulfonamides is 1. The van der Waals surface area contributed by atoms with Gasteiger partial charge in [-0.2, -0.15) is 4.31 Å². The highest BCUT2D eigenvalue weighted by Gasteiger charge is 2.29. The molecule has 0 bridgehead atoms. The van der Waals surface area contributed by atoms with E-state index in [1.807, 2.05) is 18.2 Å². The Balaban J connectivity index is 1.38. The van der Waals surface area contributed by atoms with Crippen LogP contribution in [0.15, 0.2) is 41.6 Å². The van der Waals surface area contributed by atoms with Crippen LogP contribution in [0, 0.1) is 0 Å². The summed E-state index contributed by atoms with van der Waals surface area (Å²) < 4.78 is 37.5. The molecule has 0 radical (unpaired) electrons. The lowest BCUT2D eigenvalue weighted by Crippen LogP contribution is -2.48. The third kappa shape index (κ3) is 3.33. The Hall–Kier alpha value is -2.36. The van der Waals surface area contributed by atoms with Crippen molar-refractivity contribution in [2.75, 3.05) is 38.7 Å². The van der Waals surface area contributed by atoms with Gasteiger partial charge in [-0.15, -0.1) is 0 Å². The van der Waals surface area contributed by atoms with Crippen LogP contribution in [0.4, 0.5) is 5.69 Å². The summed E-state index contributed by atoms with van der Waals surface area (Å²) in [5.74, 6) is 1.53. The summed E-state index contributed by atoms with van der Waals surface area (Å²) in [4.78, 5) is 6.17. The number of rotatable bonds is 4. The first-order chi connectivity index (χ1) is 12.5. The molecule has 0 atom stereocenters. The van der Waals surface area contributed by atoms with Crippen LogP contribution < -0.4 is 15.2 Å². The second-order valence-electron chi connectivity index (χ2n) is 6.30. The Bertz CT molecular complexity index is 893. The smallest absolute Gasteiger partial charge is 0.260 e. The van der Waals surface area contributed by atoms with Crippen LogP contribution in [0.1, 0.15) is 5.56 Å². The van der Waals surface area contributed by atoms with Gasteiger partial charge in [0.2, 0.25) is 6.79 Å². The van der Waals surface area contributed by atoms with Crippen LogP contribution in [0.3, 0.4) is 0 Å². The number of pyridine rings is 1. The zero-order valence-corrected chi connectivity index (χ0v) is 15.0. The molecule has 2 N–H and O–H groups in total. The van der Waals surface area contributed by atoms with Crippen LogP contribution >= 0.6 is 0 Å². The number of hydrogen-bond acceptors (Lipinski definition) is 7. The summed E-state index contributed by atoms with van der Waals surface area (Å²) >= 11 is 0. The number of anilines is 1. The number of nitrogens with two attached hydrogens (primary N) is 1. The molecule has 0 unspecified atom stereocenters. The second-order valence-corrected chi connectivity index (χ2v) is 8.18. The number of ether oxygens (including phenoxy) is 2. The fraction of sp³-hybridized carbons (Fsp3) is 0.353. The van der Waals surface area contributed by atoms with Gasteiger partial charge in [-0.3, -0.25) is 4.90 Å². The first-order valence-corrected chi connectivity index (χ1v) is 9.79. The van der Waals surface area contributed by atoms with Crippen LogP contribution in [-0.2, 0) is 16.6 Å². The van der Waals surface area contributed by atoms with E-state index in [-0.39, 0.29) is 11.8 Å². The van der Waals surface area contributed by atoms with Crippen LogP contribution in [0.25, 0.3) is 0 Å². The van der Waals surface area contributed by atoms with Gasteiger partial charge in [-0.1, -0.05) is 6.07 Å². The third-order valence-corrected chi connectivity index (χ3v) is 6.35. The van der Waals surface area contributed by atoms with Gasteiger partial charge >= 0.3 is 0 Å². The molecule has 2 aromatic rings. The van der Waals surface area contributed by atoms with Gasteiger partial charge in [0.25, 0.3) is 10.0 Å². The maximum absolute atomic E-state index is 12.7. The standard InChI is InChI=1S/C17H20N4O4S/c18-14-2-4-17(19-10-14)26(22,23)21-7-5-20(6-8-21)11-13-1-3-15-16(9-13)25-12-24-15/h1-4,9-10H,5-8,11-12,18H2. The quantitative estimate of drug-likeness (QED) is 0.846. The second kappa shape index (κ2) is 6.75. The largest absolute Gasteiger partial charge is 0.454 e. The molecule has 138 valence electrons. The van der Waals surface area contributed by atoms with E-state index in [1.165, 1.54) is 16.6 Å². The molecule has 3 heterocycles. The van der Waals surface area contributed by atoms with Gasteiger partial charge in [-0.05, 0) is 29.8 Å². The minimum Gasteiger partial charge on any atom is -0.454 e. The summed E-state index contributed by atoms with van der Waals surface area (Å²) in [6.45, 7) is 3.17. The molecule has 1 aromatic heterocycles. The third-order valence-electron chi connectivity index (χ3n) is 4.54. The van der Waals surface area contributed by atoms with E-state index in [0.717, 1.165) is 23.6 Å². The fourth-order valence-electron chi connectivity index (χ4n) is 3.10. The number of nitrogen functional groups attached to an aromatic ring is 1. The summed E-state index contributed by atoms with van der Waals surface area (Å²) in [5.41, 5.74) is 7.14. The van der Waals surface area contributed by atoms with E-state index < -0.39 is 10.0 Å². The van der Waals surface area contributed by atoms with Crippen molar-refractivity contribution in [1.82, 2.24) is 14.2 Å². The van der Waals surface area contributed by atoms with E-state index in [9.17, 15) is 8.42 Å². The van der Waals surface area contributed by atoms with Crippen molar-refractivity contribution in [3.05, 3.63) is 42.1 Å². The first kappa shape index (κ1) is 17.1. The van der Waals surface area contributed by atoms with E-state index in [0.29, 0.717) is 31.9 Å². The van der Waals surface area contributed by atoms with Crippen molar-refractivity contribution >= 4 is 15.7 Å². The minimum absolute atomic E-state index is 0.0379. The number of nitrogens with zero attached hydrogens (tertiary/aromatic N) is 3. The number of benzene rings is 1. The normalized spacial score (nSPS) is 18.2. The molecule has 1 aromatic carbocycles. The van der Waals surface area contributed by atoms with E-state index in [2.05, 4.69) is 9.88 Å². The molecule has 1 fully saturated rings. The topological polar surface area (TPSA) is 98.0 Å². The zero-order valence-electron chi connectivity index (χ0n) is 14.2. The van der Waals surface area contributed by atoms with Crippen molar-refractivity contribution in [3.63, 3.8) is 0 Å². The molecule has 2 aliphatic heterocycles. The summed E-state index contributed by atoms with van der Waals surface area (Å²) in [6, 6.07) is 8.89.